The third kappa shape index (κ3) is 4.16. The average molecular weight is 402 g/mol. The van der Waals surface area contributed by atoms with Gasteiger partial charge < -0.3 is 9.47 Å². The number of imide groups is 1. The second kappa shape index (κ2) is 7.25. The minimum absolute atomic E-state index is 0.0520. The van der Waals surface area contributed by atoms with Gasteiger partial charge in [0.05, 0.1) is 21.2 Å². The van der Waals surface area contributed by atoms with Crippen LogP contribution >= 0.6 is 23.2 Å². The van der Waals surface area contributed by atoms with Crippen LogP contribution in [0.3, 0.4) is 0 Å². The molecule has 0 saturated carbocycles. The van der Waals surface area contributed by atoms with Crippen molar-refractivity contribution in [2.24, 2.45) is 0 Å². The van der Waals surface area contributed by atoms with Crippen molar-refractivity contribution in [1.29, 1.82) is 0 Å². The van der Waals surface area contributed by atoms with Crippen LogP contribution in [0.15, 0.2) is 12.1 Å². The highest BCUT2D eigenvalue weighted by Crippen LogP contribution is 2.32. The molecule has 1 atom stereocenters. The second-order valence-electron chi connectivity index (χ2n) is 6.66. The van der Waals surface area contributed by atoms with E-state index in [0.29, 0.717) is 0 Å². The van der Waals surface area contributed by atoms with E-state index < -0.39 is 42.0 Å². The fourth-order valence-corrected chi connectivity index (χ4v) is 2.66. The predicted octanol–water partition coefficient (Wildman–Crippen LogP) is 2.86. The first-order valence-corrected chi connectivity index (χ1v) is 8.43. The normalized spacial score (nSPS) is 14.9. The molecule has 1 aliphatic heterocycles. The molecule has 1 aromatic carbocycles. The zero-order valence-corrected chi connectivity index (χ0v) is 16.1. The SMILES string of the molecule is C[C@@H](C(=O)OCC(=O)OC(C)(C)C)N1C(=O)c2cc(Cl)c(Cl)cc2C1=O. The molecule has 9 heteroatoms. The van der Waals surface area contributed by atoms with Gasteiger partial charge in [0.15, 0.2) is 6.61 Å². The topological polar surface area (TPSA) is 90.0 Å². The fraction of sp³-hybridized carbons (Fsp3) is 0.412. The van der Waals surface area contributed by atoms with Crippen LogP contribution in [-0.4, -0.2) is 46.9 Å². The van der Waals surface area contributed by atoms with Crippen molar-refractivity contribution in [2.75, 3.05) is 6.61 Å². The van der Waals surface area contributed by atoms with Crippen LogP contribution in [0.25, 0.3) is 0 Å². The van der Waals surface area contributed by atoms with E-state index >= 15 is 0 Å². The van der Waals surface area contributed by atoms with E-state index in [1.165, 1.54) is 19.1 Å². The summed E-state index contributed by atoms with van der Waals surface area (Å²) in [6.07, 6.45) is 0. The number of halogens is 2. The van der Waals surface area contributed by atoms with Gasteiger partial charge >= 0.3 is 11.9 Å². The van der Waals surface area contributed by atoms with Crippen LogP contribution < -0.4 is 0 Å². The first-order chi connectivity index (χ1) is 11.9. The summed E-state index contributed by atoms with van der Waals surface area (Å²) in [5.41, 5.74) is -0.622. The molecular formula is C17H17Cl2NO6. The molecule has 2 rings (SSSR count). The minimum Gasteiger partial charge on any atom is -0.457 e. The summed E-state index contributed by atoms with van der Waals surface area (Å²) in [6, 6.07) is 1.32. The van der Waals surface area contributed by atoms with Crippen LogP contribution in [0.2, 0.25) is 10.0 Å². The Morgan fingerprint density at radius 1 is 1.08 bits per heavy atom. The molecule has 0 radical (unpaired) electrons. The van der Waals surface area contributed by atoms with Crippen molar-refractivity contribution in [3.8, 4) is 0 Å². The van der Waals surface area contributed by atoms with Crippen molar-refractivity contribution >= 4 is 47.0 Å². The summed E-state index contributed by atoms with van der Waals surface area (Å²) in [7, 11) is 0. The second-order valence-corrected chi connectivity index (χ2v) is 7.48. The third-order valence-electron chi connectivity index (χ3n) is 3.44. The van der Waals surface area contributed by atoms with E-state index in [2.05, 4.69) is 0 Å². The molecule has 0 N–H and O–H groups in total. The van der Waals surface area contributed by atoms with E-state index in [1.54, 1.807) is 20.8 Å². The average Bonchev–Trinajstić information content (AvgIpc) is 2.74. The predicted molar refractivity (Wildman–Crippen MR) is 93.2 cm³/mol. The van der Waals surface area contributed by atoms with Gasteiger partial charge in [-0.05, 0) is 39.8 Å². The van der Waals surface area contributed by atoms with Gasteiger partial charge in [-0.2, -0.15) is 0 Å². The van der Waals surface area contributed by atoms with Gasteiger partial charge in [0.2, 0.25) is 0 Å². The Balaban J connectivity index is 2.09. The Bertz CT molecular complexity index is 758. The monoisotopic (exact) mass is 401 g/mol. The summed E-state index contributed by atoms with van der Waals surface area (Å²) in [5.74, 6) is -3.03. The molecular weight excluding hydrogens is 385 g/mol. The third-order valence-corrected chi connectivity index (χ3v) is 4.16. The van der Waals surface area contributed by atoms with Crippen molar-refractivity contribution in [3.63, 3.8) is 0 Å². The Kier molecular flexibility index (Phi) is 5.63. The van der Waals surface area contributed by atoms with E-state index in [0.717, 1.165) is 4.90 Å². The van der Waals surface area contributed by atoms with Gasteiger partial charge in [0.1, 0.15) is 11.6 Å². The highest BCUT2D eigenvalue weighted by molar-refractivity contribution is 6.43. The molecule has 0 unspecified atom stereocenters. The number of benzene rings is 1. The number of rotatable bonds is 4. The van der Waals surface area contributed by atoms with E-state index in [9.17, 15) is 19.2 Å². The molecule has 1 aromatic rings. The van der Waals surface area contributed by atoms with Gasteiger partial charge in [-0.3, -0.25) is 14.5 Å². The summed E-state index contributed by atoms with van der Waals surface area (Å²) < 4.78 is 9.87. The van der Waals surface area contributed by atoms with Crippen molar-refractivity contribution in [2.45, 2.75) is 39.3 Å². The molecule has 1 heterocycles. The van der Waals surface area contributed by atoms with E-state index in [1.807, 2.05) is 0 Å². The summed E-state index contributed by atoms with van der Waals surface area (Å²) in [6.45, 7) is 5.71. The molecule has 140 valence electrons. The van der Waals surface area contributed by atoms with Gasteiger partial charge in [-0.15, -0.1) is 0 Å². The van der Waals surface area contributed by atoms with Crippen molar-refractivity contribution in [1.82, 2.24) is 4.90 Å². The number of amides is 2. The number of fused-ring (bicyclic) bond motifs is 1. The lowest BCUT2D eigenvalue weighted by atomic mass is 10.1. The van der Waals surface area contributed by atoms with Gasteiger partial charge in [0.25, 0.3) is 11.8 Å². The molecule has 0 fully saturated rings. The first-order valence-electron chi connectivity index (χ1n) is 7.68. The molecule has 0 aliphatic carbocycles. The first kappa shape index (κ1) is 20.2. The van der Waals surface area contributed by atoms with Gasteiger partial charge in [-0.1, -0.05) is 23.2 Å². The molecule has 2 amide bonds. The zero-order chi connectivity index (χ0) is 19.8. The minimum atomic E-state index is -1.23. The van der Waals surface area contributed by atoms with Gasteiger partial charge in [0, 0.05) is 0 Å². The largest absolute Gasteiger partial charge is 0.457 e. The maximum Gasteiger partial charge on any atom is 0.344 e. The number of ether oxygens (including phenoxy) is 2. The Labute approximate surface area is 160 Å². The van der Waals surface area contributed by atoms with Crippen LogP contribution in [0.1, 0.15) is 48.4 Å². The number of carbonyl (C=O) groups is 4. The van der Waals surface area contributed by atoms with Crippen LogP contribution in [0.4, 0.5) is 0 Å². The summed E-state index contributed by atoms with van der Waals surface area (Å²) in [5, 5.41) is 0.238. The standard InChI is InChI=1S/C17H17Cl2NO6/c1-8(16(24)25-7-13(21)26-17(2,3)4)20-14(22)9-5-11(18)12(19)6-10(9)15(20)23/h5-6,8H,7H2,1-4H3/t8-/m0/s1. The number of hydrogen-bond donors (Lipinski definition) is 0. The summed E-state index contributed by atoms with van der Waals surface area (Å²) >= 11 is 11.8. The molecule has 0 bridgehead atoms. The van der Waals surface area contributed by atoms with Crippen LogP contribution in [0, 0.1) is 0 Å². The van der Waals surface area contributed by atoms with Crippen LogP contribution in [-0.2, 0) is 19.1 Å². The van der Waals surface area contributed by atoms with E-state index in [4.69, 9.17) is 32.7 Å². The Morgan fingerprint density at radius 2 is 1.54 bits per heavy atom. The van der Waals surface area contributed by atoms with Gasteiger partial charge in [-0.25, -0.2) is 9.59 Å². The highest BCUT2D eigenvalue weighted by atomic mass is 35.5. The van der Waals surface area contributed by atoms with E-state index in [-0.39, 0.29) is 21.2 Å². The fourth-order valence-electron chi connectivity index (χ4n) is 2.33. The number of carbonyl (C=O) groups excluding carboxylic acids is 4. The molecule has 0 saturated heterocycles. The lowest BCUT2D eigenvalue weighted by Gasteiger charge is -2.22. The smallest absolute Gasteiger partial charge is 0.344 e. The molecule has 26 heavy (non-hydrogen) atoms. The number of hydrogen-bond acceptors (Lipinski definition) is 6. The van der Waals surface area contributed by atoms with Crippen molar-refractivity contribution < 1.29 is 28.7 Å². The lowest BCUT2D eigenvalue weighted by molar-refractivity contribution is -0.167. The highest BCUT2D eigenvalue weighted by Gasteiger charge is 2.42. The quantitative estimate of drug-likeness (QED) is 0.568. The maximum absolute atomic E-state index is 12.4. The maximum atomic E-state index is 12.4. The molecule has 1 aliphatic rings. The van der Waals surface area contributed by atoms with Crippen molar-refractivity contribution in [3.05, 3.63) is 33.3 Å². The zero-order valence-electron chi connectivity index (χ0n) is 14.6. The summed E-state index contributed by atoms with van der Waals surface area (Å²) in [4.78, 5) is 49.4. The number of esters is 2. The Hall–Kier alpha value is -2.12. The Morgan fingerprint density at radius 3 is 1.96 bits per heavy atom. The molecule has 0 spiro atoms. The number of nitrogens with zero attached hydrogens (tertiary/aromatic N) is 1. The lowest BCUT2D eigenvalue weighted by Crippen LogP contribution is -2.44. The molecule has 7 nitrogen and oxygen atoms in total. The van der Waals surface area contributed by atoms with Crippen LogP contribution in [0.5, 0.6) is 0 Å². The molecule has 0 aromatic heterocycles.